The van der Waals surface area contributed by atoms with Crippen LogP contribution in [0.2, 0.25) is 5.15 Å². The minimum Gasteiger partial charge on any atom is -0.497 e. The predicted octanol–water partition coefficient (Wildman–Crippen LogP) is 3.11. The van der Waals surface area contributed by atoms with Crippen molar-refractivity contribution < 1.29 is 4.74 Å². The normalized spacial score (nSPS) is 10.2. The average molecular weight is 235 g/mol. The van der Waals surface area contributed by atoms with Crippen molar-refractivity contribution in [2.24, 2.45) is 0 Å². The molecule has 16 heavy (non-hydrogen) atoms. The van der Waals surface area contributed by atoms with Gasteiger partial charge in [0.05, 0.1) is 7.11 Å². The molecule has 2 aromatic rings. The highest BCUT2D eigenvalue weighted by Gasteiger charge is 2.08. The zero-order valence-electron chi connectivity index (χ0n) is 9.07. The van der Waals surface area contributed by atoms with E-state index in [1.807, 2.05) is 25.1 Å². The fraction of sp³-hybridized carbons (Fsp3) is 0.167. The summed E-state index contributed by atoms with van der Waals surface area (Å²) >= 11 is 6.00. The van der Waals surface area contributed by atoms with Gasteiger partial charge < -0.3 is 4.74 Å². The monoisotopic (exact) mass is 234 g/mol. The van der Waals surface area contributed by atoms with Crippen LogP contribution in [0.4, 0.5) is 0 Å². The minimum atomic E-state index is 0.413. The maximum absolute atomic E-state index is 6.00. The Hall–Kier alpha value is -1.61. The fourth-order valence-electron chi connectivity index (χ4n) is 1.53. The van der Waals surface area contributed by atoms with E-state index in [2.05, 4.69) is 9.97 Å². The van der Waals surface area contributed by atoms with E-state index in [0.29, 0.717) is 10.8 Å². The third-order valence-electron chi connectivity index (χ3n) is 2.34. The number of rotatable bonds is 2. The Kier molecular flexibility index (Phi) is 3.06. The lowest BCUT2D eigenvalue weighted by molar-refractivity contribution is 0.414. The molecular formula is C12H11ClN2O. The Bertz CT molecular complexity index is 514. The molecule has 0 amide bonds. The number of nitrogens with zero attached hydrogens (tertiary/aromatic N) is 2. The molecule has 0 N–H and O–H groups in total. The van der Waals surface area contributed by atoms with Gasteiger partial charge in [-0.3, -0.25) is 4.98 Å². The van der Waals surface area contributed by atoms with E-state index in [1.54, 1.807) is 19.5 Å². The minimum absolute atomic E-state index is 0.413. The fourth-order valence-corrected chi connectivity index (χ4v) is 1.74. The number of methoxy groups -OCH3 is 1. The largest absolute Gasteiger partial charge is 0.497 e. The summed E-state index contributed by atoms with van der Waals surface area (Å²) in [5, 5.41) is 0.413. The topological polar surface area (TPSA) is 35.0 Å². The van der Waals surface area contributed by atoms with Gasteiger partial charge in [-0.05, 0) is 30.7 Å². The second-order valence-corrected chi connectivity index (χ2v) is 3.73. The molecule has 0 radical (unpaired) electrons. The van der Waals surface area contributed by atoms with Crippen LogP contribution in [0.1, 0.15) is 5.56 Å². The summed E-state index contributed by atoms with van der Waals surface area (Å²) in [5.41, 5.74) is 2.73. The number of hydrogen-bond donors (Lipinski definition) is 0. The second kappa shape index (κ2) is 4.49. The summed E-state index contributed by atoms with van der Waals surface area (Å²) in [6, 6.07) is 5.76. The van der Waals surface area contributed by atoms with Gasteiger partial charge in [-0.2, -0.15) is 0 Å². The summed E-state index contributed by atoms with van der Waals surface area (Å²) < 4.78 is 5.15. The van der Waals surface area contributed by atoms with Crippen LogP contribution in [0.25, 0.3) is 11.3 Å². The molecule has 0 unspecified atom stereocenters. The van der Waals surface area contributed by atoms with Gasteiger partial charge in [-0.1, -0.05) is 11.6 Å². The summed E-state index contributed by atoms with van der Waals surface area (Å²) in [6.07, 6.45) is 3.20. The second-order valence-electron chi connectivity index (χ2n) is 3.38. The molecule has 4 heteroatoms. The van der Waals surface area contributed by atoms with Gasteiger partial charge in [0.2, 0.25) is 0 Å². The zero-order valence-corrected chi connectivity index (χ0v) is 9.82. The van der Waals surface area contributed by atoms with Crippen molar-refractivity contribution in [3.63, 3.8) is 0 Å². The van der Waals surface area contributed by atoms with Gasteiger partial charge >= 0.3 is 0 Å². The molecule has 0 fully saturated rings. The first kappa shape index (κ1) is 10.9. The molecule has 0 aliphatic carbocycles. The first-order chi connectivity index (χ1) is 7.72. The van der Waals surface area contributed by atoms with Crippen LogP contribution in [-0.2, 0) is 0 Å². The molecular weight excluding hydrogens is 224 g/mol. The number of hydrogen-bond acceptors (Lipinski definition) is 3. The Morgan fingerprint density at radius 3 is 2.56 bits per heavy atom. The van der Waals surface area contributed by atoms with E-state index in [0.717, 1.165) is 16.9 Å². The third-order valence-corrected chi connectivity index (χ3v) is 2.62. The molecule has 1 heterocycles. The van der Waals surface area contributed by atoms with Gasteiger partial charge in [-0.15, -0.1) is 0 Å². The van der Waals surface area contributed by atoms with Crippen molar-refractivity contribution in [1.82, 2.24) is 9.97 Å². The standard InChI is InChI=1S/C12H11ClN2O/c1-8-7-9(16-2)3-4-10(8)11-12(13)15-6-5-14-11/h3-7H,1-2H3. The van der Waals surface area contributed by atoms with Gasteiger partial charge in [0.25, 0.3) is 0 Å². The number of aromatic nitrogens is 2. The first-order valence-electron chi connectivity index (χ1n) is 4.84. The van der Waals surface area contributed by atoms with Crippen molar-refractivity contribution in [2.45, 2.75) is 6.92 Å². The summed E-state index contributed by atoms with van der Waals surface area (Å²) in [6.45, 7) is 1.99. The van der Waals surface area contributed by atoms with E-state index in [9.17, 15) is 0 Å². The van der Waals surface area contributed by atoms with Gasteiger partial charge in [0.1, 0.15) is 11.4 Å². The molecule has 0 aliphatic heterocycles. The molecule has 1 aromatic heterocycles. The number of aryl methyl sites for hydroxylation is 1. The van der Waals surface area contributed by atoms with Crippen LogP contribution in [0, 0.1) is 6.92 Å². The van der Waals surface area contributed by atoms with Crippen molar-refractivity contribution in [1.29, 1.82) is 0 Å². The van der Waals surface area contributed by atoms with Crippen molar-refractivity contribution in [3.8, 4) is 17.0 Å². The van der Waals surface area contributed by atoms with E-state index < -0.39 is 0 Å². The van der Waals surface area contributed by atoms with Gasteiger partial charge in [0, 0.05) is 18.0 Å². The zero-order chi connectivity index (χ0) is 11.5. The number of benzene rings is 1. The van der Waals surface area contributed by atoms with Crippen molar-refractivity contribution >= 4 is 11.6 Å². The highest BCUT2D eigenvalue weighted by atomic mass is 35.5. The average Bonchev–Trinajstić information content (AvgIpc) is 2.30. The highest BCUT2D eigenvalue weighted by molar-refractivity contribution is 6.31. The van der Waals surface area contributed by atoms with E-state index in [4.69, 9.17) is 16.3 Å². The Morgan fingerprint density at radius 2 is 1.94 bits per heavy atom. The van der Waals surface area contributed by atoms with E-state index >= 15 is 0 Å². The first-order valence-corrected chi connectivity index (χ1v) is 5.21. The molecule has 0 atom stereocenters. The highest BCUT2D eigenvalue weighted by Crippen LogP contribution is 2.28. The maximum atomic E-state index is 6.00. The molecule has 0 spiro atoms. The lowest BCUT2D eigenvalue weighted by Gasteiger charge is -2.08. The molecule has 3 nitrogen and oxygen atoms in total. The van der Waals surface area contributed by atoms with E-state index in [1.165, 1.54) is 0 Å². The SMILES string of the molecule is COc1ccc(-c2nccnc2Cl)c(C)c1. The van der Waals surface area contributed by atoms with Crippen molar-refractivity contribution in [3.05, 3.63) is 41.3 Å². The molecule has 1 aromatic carbocycles. The van der Waals surface area contributed by atoms with Crippen LogP contribution in [0.3, 0.4) is 0 Å². The molecule has 0 aliphatic rings. The molecule has 2 rings (SSSR count). The van der Waals surface area contributed by atoms with Gasteiger partial charge in [-0.25, -0.2) is 4.98 Å². The quantitative estimate of drug-likeness (QED) is 0.801. The Balaban J connectivity index is 2.53. The smallest absolute Gasteiger partial charge is 0.155 e. The van der Waals surface area contributed by atoms with Crippen LogP contribution >= 0.6 is 11.6 Å². The summed E-state index contributed by atoms with van der Waals surface area (Å²) in [4.78, 5) is 8.24. The molecule has 0 saturated heterocycles. The molecule has 0 bridgehead atoms. The van der Waals surface area contributed by atoms with Crippen molar-refractivity contribution in [2.75, 3.05) is 7.11 Å². The van der Waals surface area contributed by atoms with Crippen LogP contribution in [0.15, 0.2) is 30.6 Å². The van der Waals surface area contributed by atoms with Gasteiger partial charge in [0.15, 0.2) is 5.15 Å². The van der Waals surface area contributed by atoms with E-state index in [-0.39, 0.29) is 0 Å². The number of ether oxygens (including phenoxy) is 1. The molecule has 82 valence electrons. The Labute approximate surface area is 99.1 Å². The van der Waals surface area contributed by atoms with Crippen LogP contribution in [-0.4, -0.2) is 17.1 Å². The lowest BCUT2D eigenvalue weighted by Crippen LogP contribution is -1.91. The molecule has 0 saturated carbocycles. The predicted molar refractivity (Wildman–Crippen MR) is 63.8 cm³/mol. The van der Waals surface area contributed by atoms with Crippen LogP contribution < -0.4 is 4.74 Å². The van der Waals surface area contributed by atoms with Crippen LogP contribution in [0.5, 0.6) is 5.75 Å². The Morgan fingerprint density at radius 1 is 1.19 bits per heavy atom. The number of halogens is 1. The summed E-state index contributed by atoms with van der Waals surface area (Å²) in [7, 11) is 1.64. The summed E-state index contributed by atoms with van der Waals surface area (Å²) in [5.74, 6) is 0.821. The lowest BCUT2D eigenvalue weighted by atomic mass is 10.1. The third kappa shape index (κ3) is 1.99. The maximum Gasteiger partial charge on any atom is 0.155 e.